The van der Waals surface area contributed by atoms with Crippen LogP contribution in [-0.2, 0) is 4.79 Å². The molecule has 1 aliphatic rings. The standard InChI is InChI=1S/C15H17N5OS/c21-14(12-22-15-17-6-3-7-18-15)20-10-8-19(9-11-20)13-4-1-2-5-16-13/h1-7H,8-12H2/p+1. The summed E-state index contributed by atoms with van der Waals surface area (Å²) in [5.41, 5.74) is 0. The number of hydrogen-bond donors (Lipinski definition) is 0. The van der Waals surface area contributed by atoms with Gasteiger partial charge in [0, 0.05) is 18.5 Å². The van der Waals surface area contributed by atoms with Gasteiger partial charge >= 0.3 is 0 Å². The molecule has 0 aromatic carbocycles. The molecular weight excluding hydrogens is 298 g/mol. The molecule has 3 heterocycles. The fourth-order valence-electron chi connectivity index (χ4n) is 2.35. The molecule has 0 spiro atoms. The van der Waals surface area contributed by atoms with Crippen LogP contribution in [0.4, 0.5) is 5.82 Å². The summed E-state index contributed by atoms with van der Waals surface area (Å²) in [6.07, 6.45) is 5.30. The first-order valence-electron chi connectivity index (χ1n) is 7.22. The Bertz CT molecular complexity index is 602. The lowest BCUT2D eigenvalue weighted by Crippen LogP contribution is -2.50. The average Bonchev–Trinajstić information content (AvgIpc) is 2.61. The highest BCUT2D eigenvalue weighted by Gasteiger charge is 2.25. The monoisotopic (exact) mass is 316 g/mol. The highest BCUT2D eigenvalue weighted by atomic mass is 32.2. The van der Waals surface area contributed by atoms with Crippen LogP contribution in [0.3, 0.4) is 0 Å². The fourth-order valence-corrected chi connectivity index (χ4v) is 3.06. The summed E-state index contributed by atoms with van der Waals surface area (Å²) in [6.45, 7) is 3.19. The largest absolute Gasteiger partial charge is 0.334 e. The van der Waals surface area contributed by atoms with E-state index in [2.05, 4.69) is 25.9 Å². The van der Waals surface area contributed by atoms with Crippen molar-refractivity contribution < 1.29 is 9.78 Å². The number of pyridine rings is 1. The molecule has 3 rings (SSSR count). The van der Waals surface area contributed by atoms with E-state index in [-0.39, 0.29) is 5.91 Å². The zero-order valence-electron chi connectivity index (χ0n) is 12.2. The molecule has 2 aromatic rings. The van der Waals surface area contributed by atoms with E-state index >= 15 is 0 Å². The Balaban J connectivity index is 1.48. The van der Waals surface area contributed by atoms with E-state index in [1.54, 1.807) is 18.5 Å². The van der Waals surface area contributed by atoms with Gasteiger partial charge in [-0.25, -0.2) is 15.0 Å². The lowest BCUT2D eigenvalue weighted by Gasteiger charge is -2.30. The third kappa shape index (κ3) is 3.73. The summed E-state index contributed by atoms with van der Waals surface area (Å²) in [6, 6.07) is 7.80. The van der Waals surface area contributed by atoms with Crippen molar-refractivity contribution in [1.29, 1.82) is 0 Å². The van der Waals surface area contributed by atoms with Crippen molar-refractivity contribution in [1.82, 2.24) is 14.9 Å². The van der Waals surface area contributed by atoms with Gasteiger partial charge in [0.15, 0.2) is 5.16 Å². The normalized spacial score (nSPS) is 14.9. The van der Waals surface area contributed by atoms with Gasteiger partial charge in [0.2, 0.25) is 5.91 Å². The van der Waals surface area contributed by atoms with E-state index in [9.17, 15) is 4.79 Å². The number of rotatable bonds is 4. The second kappa shape index (κ2) is 7.22. The van der Waals surface area contributed by atoms with E-state index in [0.29, 0.717) is 10.9 Å². The molecule has 22 heavy (non-hydrogen) atoms. The third-order valence-corrected chi connectivity index (χ3v) is 4.39. The minimum atomic E-state index is 0.147. The number of aromatic amines is 1. The Kier molecular flexibility index (Phi) is 4.85. The van der Waals surface area contributed by atoms with Crippen LogP contribution in [0.15, 0.2) is 48.0 Å². The number of anilines is 1. The van der Waals surface area contributed by atoms with E-state index < -0.39 is 0 Å². The average molecular weight is 316 g/mol. The van der Waals surface area contributed by atoms with Gasteiger partial charge in [-0.05, 0) is 12.1 Å². The maximum Gasteiger partial charge on any atom is 0.274 e. The fraction of sp³-hybridized carbons (Fsp3) is 0.333. The molecule has 0 aliphatic carbocycles. The predicted molar refractivity (Wildman–Crippen MR) is 84.5 cm³/mol. The molecule has 1 fully saturated rings. The van der Waals surface area contributed by atoms with Crippen molar-refractivity contribution in [2.45, 2.75) is 5.16 Å². The lowest BCUT2D eigenvalue weighted by atomic mass is 10.3. The number of aromatic nitrogens is 3. The molecule has 1 saturated heterocycles. The molecular formula is C15H18N5OS+. The van der Waals surface area contributed by atoms with Crippen LogP contribution in [0.5, 0.6) is 0 Å². The van der Waals surface area contributed by atoms with Crippen LogP contribution < -0.4 is 9.88 Å². The summed E-state index contributed by atoms with van der Waals surface area (Å²) in [5, 5.41) is 0.647. The van der Waals surface area contributed by atoms with Crippen molar-refractivity contribution in [2.24, 2.45) is 0 Å². The van der Waals surface area contributed by atoms with Crippen LogP contribution in [0, 0.1) is 0 Å². The van der Waals surface area contributed by atoms with Gasteiger partial charge in [0.25, 0.3) is 5.82 Å². The topological polar surface area (TPSA) is 63.5 Å². The third-order valence-electron chi connectivity index (χ3n) is 3.53. The second-order valence-electron chi connectivity index (χ2n) is 4.94. The predicted octanol–water partition coefficient (Wildman–Crippen LogP) is 0.732. The summed E-state index contributed by atoms with van der Waals surface area (Å²) in [7, 11) is 0. The number of amides is 1. The minimum Gasteiger partial charge on any atom is -0.334 e. The van der Waals surface area contributed by atoms with Gasteiger partial charge in [-0.3, -0.25) is 9.69 Å². The van der Waals surface area contributed by atoms with Gasteiger partial charge in [-0.2, -0.15) is 0 Å². The van der Waals surface area contributed by atoms with Crippen molar-refractivity contribution in [3.8, 4) is 0 Å². The zero-order valence-corrected chi connectivity index (χ0v) is 13.0. The first-order chi connectivity index (χ1) is 10.8. The number of H-pyrrole nitrogens is 1. The first-order valence-corrected chi connectivity index (χ1v) is 8.21. The molecule has 6 nitrogen and oxygen atoms in total. The molecule has 1 aliphatic heterocycles. The second-order valence-corrected chi connectivity index (χ2v) is 5.88. The highest BCUT2D eigenvalue weighted by molar-refractivity contribution is 7.99. The van der Waals surface area contributed by atoms with Crippen LogP contribution in [0.1, 0.15) is 0 Å². The molecule has 7 heteroatoms. The molecule has 1 amide bonds. The van der Waals surface area contributed by atoms with E-state index in [1.807, 2.05) is 23.2 Å². The van der Waals surface area contributed by atoms with E-state index in [4.69, 9.17) is 0 Å². The van der Waals surface area contributed by atoms with Crippen molar-refractivity contribution in [3.63, 3.8) is 0 Å². The van der Waals surface area contributed by atoms with Crippen molar-refractivity contribution in [3.05, 3.63) is 42.9 Å². The molecule has 1 N–H and O–H groups in total. The Morgan fingerprint density at radius 2 is 1.91 bits per heavy atom. The van der Waals surface area contributed by atoms with Crippen LogP contribution in [0.2, 0.25) is 0 Å². The molecule has 0 saturated carbocycles. The van der Waals surface area contributed by atoms with Crippen LogP contribution in [-0.4, -0.2) is 52.7 Å². The molecule has 0 unspecified atom stereocenters. The van der Waals surface area contributed by atoms with E-state index in [0.717, 1.165) is 32.0 Å². The molecule has 2 aromatic heterocycles. The number of hydrogen-bond acceptors (Lipinski definition) is 5. The van der Waals surface area contributed by atoms with Crippen LogP contribution >= 0.6 is 11.8 Å². The molecule has 0 bridgehead atoms. The Morgan fingerprint density at radius 3 is 2.59 bits per heavy atom. The van der Waals surface area contributed by atoms with Gasteiger partial charge in [0.05, 0.1) is 25.0 Å². The maximum atomic E-state index is 12.2. The SMILES string of the molecule is O=C(CSc1ncccn1)N1CCN(c2cccc[nH+]2)CC1. The van der Waals surface area contributed by atoms with Gasteiger partial charge < -0.3 is 4.90 Å². The van der Waals surface area contributed by atoms with Gasteiger partial charge in [0.1, 0.15) is 13.1 Å². The number of nitrogens with one attached hydrogen (secondary N) is 1. The minimum absolute atomic E-state index is 0.147. The van der Waals surface area contributed by atoms with Gasteiger partial charge in [-0.1, -0.05) is 17.8 Å². The van der Waals surface area contributed by atoms with Crippen molar-refractivity contribution >= 4 is 23.5 Å². The molecule has 0 atom stereocenters. The van der Waals surface area contributed by atoms with Crippen LogP contribution in [0.25, 0.3) is 0 Å². The summed E-state index contributed by atoms with van der Waals surface area (Å²) in [5.74, 6) is 1.64. The quantitative estimate of drug-likeness (QED) is 0.615. The van der Waals surface area contributed by atoms with Gasteiger partial charge in [-0.15, -0.1) is 0 Å². The first kappa shape index (κ1) is 14.8. The summed E-state index contributed by atoms with van der Waals surface area (Å²) >= 11 is 1.39. The summed E-state index contributed by atoms with van der Waals surface area (Å²) in [4.78, 5) is 27.9. The number of nitrogens with zero attached hydrogens (tertiary/aromatic N) is 4. The lowest BCUT2D eigenvalue weighted by molar-refractivity contribution is -0.364. The highest BCUT2D eigenvalue weighted by Crippen LogP contribution is 2.14. The number of carbonyl (C=O) groups is 1. The molecule has 114 valence electrons. The Morgan fingerprint density at radius 1 is 1.14 bits per heavy atom. The Hall–Kier alpha value is -2.15. The number of piperazine rings is 1. The molecule has 0 radical (unpaired) electrons. The smallest absolute Gasteiger partial charge is 0.274 e. The van der Waals surface area contributed by atoms with E-state index in [1.165, 1.54) is 11.8 Å². The Labute approximate surface area is 133 Å². The number of thioether (sulfide) groups is 1. The van der Waals surface area contributed by atoms with Crippen molar-refractivity contribution in [2.75, 3.05) is 36.8 Å². The maximum absolute atomic E-state index is 12.2. The summed E-state index contributed by atoms with van der Waals surface area (Å²) < 4.78 is 0. The number of carbonyl (C=O) groups excluding carboxylic acids is 1. The zero-order chi connectivity index (χ0) is 15.2.